The molecule has 1 aromatic rings. The molecule has 1 aromatic carbocycles. The van der Waals surface area contributed by atoms with E-state index in [1.807, 2.05) is 24.3 Å². The van der Waals surface area contributed by atoms with Crippen LogP contribution in [0.15, 0.2) is 28.7 Å². The van der Waals surface area contributed by atoms with Crippen LogP contribution in [0.3, 0.4) is 0 Å². The molecule has 1 amide bonds. The molecule has 0 radical (unpaired) electrons. The Bertz CT molecular complexity index is 608. The maximum absolute atomic E-state index is 11.8. The third-order valence-corrected chi connectivity index (χ3v) is 3.09. The molecule has 23 heavy (non-hydrogen) atoms. The molecule has 0 aliphatic heterocycles. The maximum Gasteiger partial charge on any atom is 0.408 e. The molecule has 0 aromatic heterocycles. The van der Waals surface area contributed by atoms with Crippen molar-refractivity contribution in [2.45, 2.75) is 38.8 Å². The van der Waals surface area contributed by atoms with Crippen molar-refractivity contribution in [1.82, 2.24) is 5.32 Å². The molecule has 0 bridgehead atoms. The van der Waals surface area contributed by atoms with Crippen molar-refractivity contribution in [2.24, 2.45) is 0 Å². The molecule has 0 aliphatic rings. The lowest BCUT2D eigenvalue weighted by atomic mass is 10.2. The number of hydrogen-bond acceptors (Lipinski definition) is 4. The van der Waals surface area contributed by atoms with E-state index in [-0.39, 0.29) is 6.42 Å². The molecule has 0 fully saturated rings. The van der Waals surface area contributed by atoms with Crippen LogP contribution in [-0.2, 0) is 14.3 Å². The van der Waals surface area contributed by atoms with Crippen LogP contribution >= 0.6 is 15.9 Å². The van der Waals surface area contributed by atoms with Crippen LogP contribution in [-0.4, -0.2) is 30.8 Å². The molecule has 1 atom stereocenters. The Balaban J connectivity index is 2.71. The number of carbonyl (C=O) groups excluding carboxylic acids is 2. The Hall–Kier alpha value is -2.00. The zero-order valence-corrected chi connectivity index (χ0v) is 15.2. The highest BCUT2D eigenvalue weighted by Gasteiger charge is 2.24. The van der Waals surface area contributed by atoms with E-state index in [0.29, 0.717) is 0 Å². The van der Waals surface area contributed by atoms with E-state index in [1.165, 1.54) is 7.11 Å². The Morgan fingerprint density at radius 3 is 2.39 bits per heavy atom. The molecule has 0 unspecified atom stereocenters. The minimum atomic E-state index is -0.877. The van der Waals surface area contributed by atoms with Gasteiger partial charge in [-0.3, -0.25) is 0 Å². The number of esters is 1. The summed E-state index contributed by atoms with van der Waals surface area (Å²) in [6, 6.07) is 6.58. The Labute approximate surface area is 144 Å². The second kappa shape index (κ2) is 8.59. The Morgan fingerprint density at radius 2 is 1.87 bits per heavy atom. The molecular weight excluding hydrogens is 362 g/mol. The van der Waals surface area contributed by atoms with E-state index in [0.717, 1.165) is 10.0 Å². The molecule has 0 spiro atoms. The van der Waals surface area contributed by atoms with Gasteiger partial charge in [0.05, 0.1) is 7.11 Å². The van der Waals surface area contributed by atoms with Gasteiger partial charge in [0.15, 0.2) is 0 Å². The van der Waals surface area contributed by atoms with Crippen LogP contribution in [0.2, 0.25) is 0 Å². The van der Waals surface area contributed by atoms with Gasteiger partial charge in [0.1, 0.15) is 11.6 Å². The number of alkyl carbamates (subject to hydrolysis) is 1. The lowest BCUT2D eigenvalue weighted by molar-refractivity contribution is -0.143. The molecule has 0 saturated heterocycles. The first-order chi connectivity index (χ1) is 10.7. The summed E-state index contributed by atoms with van der Waals surface area (Å²) in [5, 5.41) is 2.47. The van der Waals surface area contributed by atoms with Gasteiger partial charge in [-0.05, 0) is 45.0 Å². The van der Waals surface area contributed by atoms with Gasteiger partial charge in [0.2, 0.25) is 0 Å². The second-order valence-corrected chi connectivity index (χ2v) is 6.65. The van der Waals surface area contributed by atoms with Crippen LogP contribution in [0.4, 0.5) is 4.79 Å². The highest BCUT2D eigenvalue weighted by atomic mass is 79.9. The van der Waals surface area contributed by atoms with Crippen molar-refractivity contribution in [3.63, 3.8) is 0 Å². The lowest BCUT2D eigenvalue weighted by Crippen LogP contribution is -2.43. The van der Waals surface area contributed by atoms with Crippen LogP contribution < -0.4 is 5.32 Å². The molecule has 0 saturated carbocycles. The van der Waals surface area contributed by atoms with Gasteiger partial charge in [-0.1, -0.05) is 27.8 Å². The summed E-state index contributed by atoms with van der Waals surface area (Å²) in [6.45, 7) is 5.23. The number of halogens is 1. The number of amides is 1. The fourth-order valence-electron chi connectivity index (χ4n) is 1.57. The summed E-state index contributed by atoms with van der Waals surface area (Å²) >= 11 is 3.35. The summed E-state index contributed by atoms with van der Waals surface area (Å²) in [5.41, 5.74) is 0.169. The smallest absolute Gasteiger partial charge is 0.408 e. The highest BCUT2D eigenvalue weighted by Crippen LogP contribution is 2.10. The fourth-order valence-corrected chi connectivity index (χ4v) is 1.84. The van der Waals surface area contributed by atoms with Gasteiger partial charge in [0.25, 0.3) is 0 Å². The monoisotopic (exact) mass is 381 g/mol. The predicted molar refractivity (Wildman–Crippen MR) is 90.8 cm³/mol. The molecule has 1 N–H and O–H groups in total. The van der Waals surface area contributed by atoms with Gasteiger partial charge in [0, 0.05) is 16.5 Å². The number of carbonyl (C=O) groups is 2. The first-order valence-electron chi connectivity index (χ1n) is 7.03. The first kappa shape index (κ1) is 19.0. The molecule has 6 heteroatoms. The summed E-state index contributed by atoms with van der Waals surface area (Å²) in [4.78, 5) is 23.5. The minimum Gasteiger partial charge on any atom is -0.467 e. The normalized spacial score (nSPS) is 11.7. The van der Waals surface area contributed by atoms with Crippen LogP contribution in [0.1, 0.15) is 32.8 Å². The molecule has 5 nitrogen and oxygen atoms in total. The third kappa shape index (κ3) is 7.71. The number of nitrogens with one attached hydrogen (secondary N) is 1. The number of methoxy groups -OCH3 is 1. The molecular formula is C17H20BrNO4. The standard InChI is InChI=1S/C17H20BrNO4/c1-17(2,3)23-16(21)19-14(15(20)22-4)7-5-6-12-8-10-13(18)11-9-12/h8-11,14H,7H2,1-4H3,(H,19,21)/t14-/m0/s1. The van der Waals surface area contributed by atoms with Crippen LogP contribution in [0.25, 0.3) is 0 Å². The highest BCUT2D eigenvalue weighted by molar-refractivity contribution is 9.10. The second-order valence-electron chi connectivity index (χ2n) is 5.73. The van der Waals surface area contributed by atoms with Gasteiger partial charge < -0.3 is 14.8 Å². The first-order valence-corrected chi connectivity index (χ1v) is 7.82. The van der Waals surface area contributed by atoms with Gasteiger partial charge in [-0.2, -0.15) is 0 Å². The van der Waals surface area contributed by atoms with E-state index in [4.69, 9.17) is 4.74 Å². The SMILES string of the molecule is COC(=O)[C@H](CC#Cc1ccc(Br)cc1)NC(=O)OC(C)(C)C. The van der Waals surface area contributed by atoms with E-state index < -0.39 is 23.7 Å². The van der Waals surface area contributed by atoms with Crippen molar-refractivity contribution in [2.75, 3.05) is 7.11 Å². The van der Waals surface area contributed by atoms with E-state index in [9.17, 15) is 9.59 Å². The van der Waals surface area contributed by atoms with Gasteiger partial charge >= 0.3 is 12.1 Å². The third-order valence-electron chi connectivity index (χ3n) is 2.56. The number of ether oxygens (including phenoxy) is 2. The molecule has 0 heterocycles. The van der Waals surface area contributed by atoms with Gasteiger partial charge in [-0.25, -0.2) is 9.59 Å². The number of rotatable bonds is 3. The van der Waals surface area contributed by atoms with Crippen molar-refractivity contribution < 1.29 is 19.1 Å². The summed E-state index contributed by atoms with van der Waals surface area (Å²) in [5.74, 6) is 5.23. The lowest BCUT2D eigenvalue weighted by Gasteiger charge is -2.21. The van der Waals surface area contributed by atoms with E-state index in [2.05, 4.69) is 37.8 Å². The maximum atomic E-state index is 11.8. The number of benzene rings is 1. The molecule has 1 rings (SSSR count). The van der Waals surface area contributed by atoms with Crippen molar-refractivity contribution in [3.05, 3.63) is 34.3 Å². The van der Waals surface area contributed by atoms with Crippen molar-refractivity contribution in [3.8, 4) is 11.8 Å². The van der Waals surface area contributed by atoms with E-state index >= 15 is 0 Å². The topological polar surface area (TPSA) is 64.6 Å². The zero-order chi connectivity index (χ0) is 17.5. The molecule has 124 valence electrons. The minimum absolute atomic E-state index is 0.127. The average Bonchev–Trinajstić information content (AvgIpc) is 2.45. The predicted octanol–water partition coefficient (Wildman–Crippen LogP) is 3.26. The summed E-state index contributed by atoms with van der Waals surface area (Å²) in [6.07, 6.45) is -0.555. The van der Waals surface area contributed by atoms with Crippen molar-refractivity contribution in [1.29, 1.82) is 0 Å². The number of hydrogen-bond donors (Lipinski definition) is 1. The van der Waals surface area contributed by atoms with Crippen LogP contribution in [0, 0.1) is 11.8 Å². The Kier molecular flexibility index (Phi) is 7.11. The van der Waals surface area contributed by atoms with Crippen LogP contribution in [0.5, 0.6) is 0 Å². The summed E-state index contributed by atoms with van der Waals surface area (Å²) < 4.78 is 10.8. The molecule has 0 aliphatic carbocycles. The van der Waals surface area contributed by atoms with E-state index in [1.54, 1.807) is 20.8 Å². The zero-order valence-electron chi connectivity index (χ0n) is 13.6. The van der Waals surface area contributed by atoms with Crippen molar-refractivity contribution >= 4 is 28.0 Å². The Morgan fingerprint density at radius 1 is 1.26 bits per heavy atom. The fraction of sp³-hybridized carbons (Fsp3) is 0.412. The average molecular weight is 382 g/mol. The largest absolute Gasteiger partial charge is 0.467 e. The van der Waals surface area contributed by atoms with Gasteiger partial charge in [-0.15, -0.1) is 0 Å². The summed E-state index contributed by atoms with van der Waals surface area (Å²) in [7, 11) is 1.26. The quantitative estimate of drug-likeness (QED) is 0.644.